The molecular formula is C19H20N2O3. The Morgan fingerprint density at radius 1 is 1.12 bits per heavy atom. The Kier molecular flexibility index (Phi) is 3.52. The van der Waals surface area contributed by atoms with E-state index in [2.05, 4.69) is 17.5 Å². The van der Waals surface area contributed by atoms with E-state index in [1.165, 1.54) is 4.90 Å². The van der Waals surface area contributed by atoms with E-state index in [0.29, 0.717) is 0 Å². The number of amides is 3. The van der Waals surface area contributed by atoms with Crippen LogP contribution in [0.15, 0.2) is 36.4 Å². The Bertz CT molecular complexity index is 725. The van der Waals surface area contributed by atoms with E-state index in [1.807, 2.05) is 31.2 Å². The number of rotatable bonds is 4. The monoisotopic (exact) mass is 324 g/mol. The number of nitrogens with one attached hydrogen (secondary N) is 1. The molecule has 2 aliphatic carbocycles. The van der Waals surface area contributed by atoms with Crippen LogP contribution < -0.4 is 5.32 Å². The number of fused-ring (bicyclic) bond motifs is 5. The van der Waals surface area contributed by atoms with Crippen LogP contribution >= 0.6 is 0 Å². The summed E-state index contributed by atoms with van der Waals surface area (Å²) in [6.07, 6.45) is 5.21. The minimum atomic E-state index is -0.188. The minimum absolute atomic E-state index is 0.0921. The van der Waals surface area contributed by atoms with Crippen LogP contribution in [0, 0.1) is 30.6 Å². The highest BCUT2D eigenvalue weighted by Crippen LogP contribution is 2.52. The maximum absolute atomic E-state index is 12.6. The molecule has 3 amide bonds. The molecule has 2 bridgehead atoms. The van der Waals surface area contributed by atoms with Crippen molar-refractivity contribution in [2.24, 2.45) is 23.7 Å². The fourth-order valence-electron chi connectivity index (χ4n) is 4.32. The number of anilines is 1. The molecule has 24 heavy (non-hydrogen) atoms. The van der Waals surface area contributed by atoms with Crippen molar-refractivity contribution in [3.8, 4) is 0 Å². The fourth-order valence-corrected chi connectivity index (χ4v) is 4.32. The van der Waals surface area contributed by atoms with E-state index >= 15 is 0 Å². The molecule has 1 aromatic carbocycles. The van der Waals surface area contributed by atoms with Gasteiger partial charge in [-0.25, -0.2) is 0 Å². The highest BCUT2D eigenvalue weighted by atomic mass is 16.2. The maximum atomic E-state index is 12.6. The minimum Gasteiger partial charge on any atom is -0.326 e. The van der Waals surface area contributed by atoms with Crippen molar-refractivity contribution >= 4 is 23.4 Å². The third-order valence-electron chi connectivity index (χ3n) is 5.54. The van der Waals surface area contributed by atoms with E-state index in [9.17, 15) is 14.4 Å². The normalized spacial score (nSPS) is 30.1. The number of carbonyl (C=O) groups excluding carboxylic acids is 3. The van der Waals surface area contributed by atoms with Gasteiger partial charge in [0, 0.05) is 18.7 Å². The number of imide groups is 1. The molecular weight excluding hydrogens is 304 g/mol. The number of likely N-dealkylation sites (tertiary alicyclic amines) is 1. The number of nitrogens with zero attached hydrogens (tertiary/aromatic N) is 1. The van der Waals surface area contributed by atoms with Gasteiger partial charge in [0.15, 0.2) is 0 Å². The Labute approximate surface area is 140 Å². The van der Waals surface area contributed by atoms with Crippen LogP contribution in [-0.4, -0.2) is 29.2 Å². The summed E-state index contributed by atoms with van der Waals surface area (Å²) in [5, 5.41) is 2.84. The third-order valence-corrected chi connectivity index (χ3v) is 5.54. The van der Waals surface area contributed by atoms with Crippen molar-refractivity contribution in [1.29, 1.82) is 0 Å². The second kappa shape index (κ2) is 5.58. The molecule has 1 saturated carbocycles. The summed E-state index contributed by atoms with van der Waals surface area (Å²) in [7, 11) is 0. The number of benzene rings is 1. The Morgan fingerprint density at radius 3 is 2.38 bits per heavy atom. The van der Waals surface area contributed by atoms with Crippen molar-refractivity contribution in [2.45, 2.75) is 19.8 Å². The van der Waals surface area contributed by atoms with Crippen LogP contribution in [-0.2, 0) is 14.4 Å². The molecule has 1 aliphatic heterocycles. The Balaban J connectivity index is 1.38. The lowest BCUT2D eigenvalue weighted by Gasteiger charge is -2.17. The summed E-state index contributed by atoms with van der Waals surface area (Å²) >= 11 is 0. The summed E-state index contributed by atoms with van der Waals surface area (Å²) < 4.78 is 0. The van der Waals surface area contributed by atoms with Crippen molar-refractivity contribution in [1.82, 2.24) is 4.90 Å². The van der Waals surface area contributed by atoms with E-state index in [0.717, 1.165) is 17.7 Å². The summed E-state index contributed by atoms with van der Waals surface area (Å²) in [5.74, 6) is -0.317. The first-order chi connectivity index (χ1) is 11.6. The average Bonchev–Trinajstić information content (AvgIpc) is 3.23. The lowest BCUT2D eigenvalue weighted by molar-refractivity contribution is -0.140. The van der Waals surface area contributed by atoms with Crippen LogP contribution in [0.1, 0.15) is 18.4 Å². The molecule has 3 aliphatic rings. The average molecular weight is 324 g/mol. The van der Waals surface area contributed by atoms with E-state index in [1.54, 1.807) is 0 Å². The second-order valence-corrected chi connectivity index (χ2v) is 6.94. The molecule has 0 aromatic heterocycles. The van der Waals surface area contributed by atoms with Crippen molar-refractivity contribution < 1.29 is 14.4 Å². The molecule has 124 valence electrons. The molecule has 0 spiro atoms. The molecule has 0 unspecified atom stereocenters. The van der Waals surface area contributed by atoms with Crippen molar-refractivity contribution in [3.05, 3.63) is 42.0 Å². The van der Waals surface area contributed by atoms with Gasteiger partial charge in [-0.3, -0.25) is 19.3 Å². The SMILES string of the molecule is Cc1ccccc1NC(=O)CCN1C(=O)[C@@H]2[C@H](C1=O)[C@H]1C=C[C@@H]2C1. The number of hydrogen-bond acceptors (Lipinski definition) is 3. The largest absolute Gasteiger partial charge is 0.326 e. The lowest BCUT2D eigenvalue weighted by Crippen LogP contribution is -2.35. The third kappa shape index (κ3) is 2.27. The molecule has 1 N–H and O–H groups in total. The van der Waals surface area contributed by atoms with Gasteiger partial charge < -0.3 is 5.32 Å². The van der Waals surface area contributed by atoms with Crippen LogP contribution in [0.3, 0.4) is 0 Å². The molecule has 2 fully saturated rings. The summed E-state index contributed by atoms with van der Waals surface area (Å²) in [5.41, 5.74) is 1.75. The standard InChI is InChI=1S/C19H20N2O3/c1-11-4-2-3-5-14(11)20-15(22)8-9-21-18(23)16-12-6-7-13(10-12)17(16)19(21)24/h2-7,12-13,16-17H,8-10H2,1H3,(H,20,22)/t12-,13+,16+,17-. The maximum Gasteiger partial charge on any atom is 0.233 e. The molecule has 5 nitrogen and oxygen atoms in total. The molecule has 1 aromatic rings. The van der Waals surface area contributed by atoms with Gasteiger partial charge in [-0.15, -0.1) is 0 Å². The van der Waals surface area contributed by atoms with E-state index in [-0.39, 0.29) is 54.4 Å². The van der Waals surface area contributed by atoms with Gasteiger partial charge in [-0.1, -0.05) is 30.4 Å². The number of carbonyl (C=O) groups is 3. The predicted octanol–water partition coefficient (Wildman–Crippen LogP) is 2.13. The summed E-state index contributed by atoms with van der Waals surface area (Å²) in [4.78, 5) is 38.6. The molecule has 4 rings (SSSR count). The van der Waals surface area contributed by atoms with Crippen molar-refractivity contribution in [2.75, 3.05) is 11.9 Å². The highest BCUT2D eigenvalue weighted by Gasteiger charge is 2.58. The first-order valence-electron chi connectivity index (χ1n) is 8.45. The molecule has 1 heterocycles. The van der Waals surface area contributed by atoms with Crippen LogP contribution in [0.5, 0.6) is 0 Å². The molecule has 5 heteroatoms. The molecule has 1 saturated heterocycles. The van der Waals surface area contributed by atoms with E-state index < -0.39 is 0 Å². The first-order valence-corrected chi connectivity index (χ1v) is 8.45. The second-order valence-electron chi connectivity index (χ2n) is 6.94. The highest BCUT2D eigenvalue weighted by molar-refractivity contribution is 6.06. The van der Waals surface area contributed by atoms with Gasteiger partial charge in [0.2, 0.25) is 17.7 Å². The zero-order valence-electron chi connectivity index (χ0n) is 13.6. The molecule has 0 radical (unpaired) electrons. The predicted molar refractivity (Wildman–Crippen MR) is 88.9 cm³/mol. The van der Waals surface area contributed by atoms with Crippen LogP contribution in [0.2, 0.25) is 0 Å². The topological polar surface area (TPSA) is 66.5 Å². The van der Waals surface area contributed by atoms with Gasteiger partial charge in [0.25, 0.3) is 0 Å². The number of aryl methyl sites for hydroxylation is 1. The number of para-hydroxylation sites is 1. The zero-order valence-corrected chi connectivity index (χ0v) is 13.6. The molecule has 4 atom stereocenters. The fraction of sp³-hybridized carbons (Fsp3) is 0.421. The quantitative estimate of drug-likeness (QED) is 0.681. The number of hydrogen-bond donors (Lipinski definition) is 1. The zero-order chi connectivity index (χ0) is 16.8. The van der Waals surface area contributed by atoms with Gasteiger partial charge in [0.1, 0.15) is 0 Å². The smallest absolute Gasteiger partial charge is 0.233 e. The van der Waals surface area contributed by atoms with Crippen molar-refractivity contribution in [3.63, 3.8) is 0 Å². The van der Waals surface area contributed by atoms with Gasteiger partial charge in [-0.2, -0.15) is 0 Å². The summed E-state index contributed by atoms with van der Waals surface area (Å²) in [6, 6.07) is 7.54. The van der Waals surface area contributed by atoms with Gasteiger partial charge in [-0.05, 0) is 36.8 Å². The van der Waals surface area contributed by atoms with Crippen LogP contribution in [0.25, 0.3) is 0 Å². The summed E-state index contributed by atoms with van der Waals surface area (Å²) in [6.45, 7) is 2.09. The van der Waals surface area contributed by atoms with Gasteiger partial charge >= 0.3 is 0 Å². The Morgan fingerprint density at radius 2 is 1.75 bits per heavy atom. The van der Waals surface area contributed by atoms with Gasteiger partial charge in [0.05, 0.1) is 11.8 Å². The first kappa shape index (κ1) is 15.1. The van der Waals surface area contributed by atoms with E-state index in [4.69, 9.17) is 0 Å². The lowest BCUT2D eigenvalue weighted by atomic mass is 9.85. The van der Waals surface area contributed by atoms with Crippen LogP contribution in [0.4, 0.5) is 5.69 Å². The Hall–Kier alpha value is -2.43. The number of allylic oxidation sites excluding steroid dienone is 2.